The predicted molar refractivity (Wildman–Crippen MR) is 31.0 cm³/mol. The van der Waals surface area contributed by atoms with Crippen LogP contribution in [-0.4, -0.2) is 11.4 Å². The quantitative estimate of drug-likeness (QED) is 0.414. The Morgan fingerprint density at radius 2 is 2.25 bits per heavy atom. The van der Waals surface area contributed by atoms with Crippen molar-refractivity contribution in [1.82, 2.24) is 4.90 Å². The molecule has 0 unspecified atom stereocenters. The first-order valence-corrected chi connectivity index (χ1v) is 2.84. The molecule has 0 spiro atoms. The van der Waals surface area contributed by atoms with Crippen LogP contribution in [0.1, 0.15) is 0 Å². The fourth-order valence-electron chi connectivity index (χ4n) is 1.11. The molecule has 0 radical (unpaired) electrons. The van der Waals surface area contributed by atoms with Gasteiger partial charge in [0, 0.05) is 11.9 Å². The van der Waals surface area contributed by atoms with Gasteiger partial charge in [-0.3, -0.25) is 0 Å². The van der Waals surface area contributed by atoms with Gasteiger partial charge in [-0.1, -0.05) is 0 Å². The van der Waals surface area contributed by atoms with Crippen molar-refractivity contribution in [1.29, 1.82) is 0 Å². The number of hydrogen-bond donors (Lipinski definition) is 0. The molecule has 1 heteroatoms. The lowest BCUT2D eigenvalue weighted by Crippen LogP contribution is -1.81. The second-order valence-corrected chi connectivity index (χ2v) is 2.45. The second kappa shape index (κ2) is 0.672. The Balaban J connectivity index is 2.25. The third kappa shape index (κ3) is 0.224. The van der Waals surface area contributed by atoms with Gasteiger partial charge in [0.05, 0.1) is 6.54 Å². The van der Waals surface area contributed by atoms with Gasteiger partial charge < -0.3 is 4.90 Å². The molecule has 2 aliphatic heterocycles. The second-order valence-electron chi connectivity index (χ2n) is 2.45. The average Bonchev–Trinajstić information content (AvgIpc) is 2.45. The van der Waals surface area contributed by atoms with Crippen molar-refractivity contribution in [2.45, 2.75) is 0 Å². The summed E-state index contributed by atoms with van der Waals surface area (Å²) in [6.45, 7) is 1.18. The Morgan fingerprint density at radius 3 is 3.12 bits per heavy atom. The zero-order chi connectivity index (χ0) is 5.14. The van der Waals surface area contributed by atoms with E-state index < -0.39 is 0 Å². The lowest BCUT2D eigenvalue weighted by atomic mass is 10.3. The van der Waals surface area contributed by atoms with E-state index in [1.54, 1.807) is 0 Å². The van der Waals surface area contributed by atoms with Gasteiger partial charge in [-0.2, -0.15) is 0 Å². The molecule has 0 aromatic rings. The van der Waals surface area contributed by atoms with E-state index >= 15 is 0 Å². The van der Waals surface area contributed by atoms with E-state index in [1.807, 2.05) is 0 Å². The van der Waals surface area contributed by atoms with E-state index in [-0.39, 0.29) is 0 Å². The molecule has 0 atom stereocenters. The summed E-state index contributed by atoms with van der Waals surface area (Å²) in [4.78, 5) is 2.27. The highest BCUT2D eigenvalue weighted by atomic mass is 15.3. The molecule has 0 aromatic carbocycles. The van der Waals surface area contributed by atoms with E-state index in [0.717, 1.165) is 0 Å². The maximum Gasteiger partial charge on any atom is 0.0626 e. The molecular formula is C7H5N. The summed E-state index contributed by atoms with van der Waals surface area (Å²) >= 11 is 0. The summed E-state index contributed by atoms with van der Waals surface area (Å²) in [7, 11) is 0. The zero-order valence-electron chi connectivity index (χ0n) is 4.39. The highest BCUT2D eigenvalue weighted by Gasteiger charge is 2.31. The first-order valence-electron chi connectivity index (χ1n) is 2.84. The van der Waals surface area contributed by atoms with Gasteiger partial charge in [0.25, 0.3) is 0 Å². The lowest BCUT2D eigenvalue weighted by Gasteiger charge is -1.91. The molecule has 1 aliphatic carbocycles. The Bertz CT molecular complexity index is 256. The van der Waals surface area contributed by atoms with E-state index in [0.29, 0.717) is 0 Å². The Morgan fingerprint density at radius 1 is 1.25 bits per heavy atom. The third-order valence-electron chi connectivity index (χ3n) is 1.78. The van der Waals surface area contributed by atoms with Gasteiger partial charge in [-0.05, 0) is 23.3 Å². The van der Waals surface area contributed by atoms with Gasteiger partial charge in [-0.15, -0.1) is 0 Å². The van der Waals surface area contributed by atoms with Crippen LogP contribution in [0.4, 0.5) is 0 Å². The van der Waals surface area contributed by atoms with Crippen LogP contribution in [0, 0.1) is 0 Å². The van der Waals surface area contributed by atoms with Gasteiger partial charge in [0.15, 0.2) is 0 Å². The number of hydrogen-bond acceptors (Lipinski definition) is 1. The summed E-state index contributed by atoms with van der Waals surface area (Å²) in [6.07, 6.45) is 6.68. The summed E-state index contributed by atoms with van der Waals surface area (Å²) in [5.41, 5.74) is 4.37. The molecule has 1 nitrogen and oxygen atoms in total. The largest absolute Gasteiger partial charge is 0.343 e. The maximum atomic E-state index is 2.27. The van der Waals surface area contributed by atoms with Gasteiger partial charge in [0.1, 0.15) is 0 Å². The predicted octanol–water partition coefficient (Wildman–Crippen LogP) is 1.02. The van der Waals surface area contributed by atoms with Crippen molar-refractivity contribution < 1.29 is 0 Å². The van der Waals surface area contributed by atoms with E-state index in [9.17, 15) is 0 Å². The van der Waals surface area contributed by atoms with Crippen molar-refractivity contribution in [3.63, 3.8) is 0 Å². The van der Waals surface area contributed by atoms with E-state index in [4.69, 9.17) is 0 Å². The molecule has 1 saturated heterocycles. The molecule has 38 valence electrons. The molecule has 3 aliphatic rings. The molecule has 0 saturated carbocycles. The molecule has 0 aromatic heterocycles. The van der Waals surface area contributed by atoms with Crippen LogP contribution in [0.5, 0.6) is 0 Å². The minimum Gasteiger partial charge on any atom is -0.343 e. The molecule has 2 heterocycles. The Kier molecular flexibility index (Phi) is 0.263. The highest BCUT2D eigenvalue weighted by Crippen LogP contribution is 2.41. The SMILES string of the molecule is C1=C2C=C3CN3C=C12. The molecule has 8 heavy (non-hydrogen) atoms. The van der Waals surface area contributed by atoms with E-state index in [1.165, 1.54) is 23.4 Å². The van der Waals surface area contributed by atoms with Crippen molar-refractivity contribution in [3.05, 3.63) is 35.2 Å². The maximum absolute atomic E-state index is 2.27. The molecule has 0 amide bonds. The number of allylic oxidation sites excluding steroid dienone is 4. The van der Waals surface area contributed by atoms with Crippen LogP contribution in [0.15, 0.2) is 35.2 Å². The minimum absolute atomic E-state index is 1.18. The van der Waals surface area contributed by atoms with Crippen LogP contribution >= 0.6 is 0 Å². The summed E-state index contributed by atoms with van der Waals surface area (Å²) in [6, 6.07) is 0. The van der Waals surface area contributed by atoms with Gasteiger partial charge >= 0.3 is 0 Å². The average molecular weight is 103 g/mol. The summed E-state index contributed by atoms with van der Waals surface area (Å²) in [5.74, 6) is 0. The monoisotopic (exact) mass is 103 g/mol. The topological polar surface area (TPSA) is 3.01 Å². The molecule has 1 fully saturated rings. The molecular weight excluding hydrogens is 98.1 g/mol. The molecule has 0 N–H and O–H groups in total. The first kappa shape index (κ1) is 3.13. The van der Waals surface area contributed by atoms with Gasteiger partial charge in [-0.25, -0.2) is 0 Å². The lowest BCUT2D eigenvalue weighted by molar-refractivity contribution is 0.798. The van der Waals surface area contributed by atoms with Crippen LogP contribution in [0.3, 0.4) is 0 Å². The highest BCUT2D eigenvalue weighted by molar-refractivity contribution is 5.67. The van der Waals surface area contributed by atoms with Crippen LogP contribution in [0.25, 0.3) is 0 Å². The zero-order valence-corrected chi connectivity index (χ0v) is 4.39. The Labute approximate surface area is 47.6 Å². The smallest absolute Gasteiger partial charge is 0.0626 e. The summed E-state index contributed by atoms with van der Waals surface area (Å²) < 4.78 is 0. The van der Waals surface area contributed by atoms with E-state index in [2.05, 4.69) is 23.3 Å². The fraction of sp³-hybridized carbons (Fsp3) is 0.143. The normalized spacial score (nSPS) is 27.0. The van der Waals surface area contributed by atoms with Crippen LogP contribution < -0.4 is 0 Å². The van der Waals surface area contributed by atoms with Crippen LogP contribution in [0.2, 0.25) is 0 Å². The first-order chi connectivity index (χ1) is 3.93. The standard InChI is InChI=1S/C7H5N/c1-5-2-7-4-8(7)3-6(1)5/h1-3H,4H2. The van der Waals surface area contributed by atoms with Crippen molar-refractivity contribution in [3.8, 4) is 0 Å². The number of fused-ring (bicyclic) bond motifs is 2. The number of nitrogens with zero attached hydrogens (tertiary/aromatic N) is 1. The third-order valence-corrected chi connectivity index (χ3v) is 1.78. The van der Waals surface area contributed by atoms with Gasteiger partial charge in [0.2, 0.25) is 0 Å². The summed E-state index contributed by atoms with van der Waals surface area (Å²) in [5, 5.41) is 0. The molecule has 0 bridgehead atoms. The minimum atomic E-state index is 1.18. The molecule has 3 rings (SSSR count). The fourth-order valence-corrected chi connectivity index (χ4v) is 1.11. The van der Waals surface area contributed by atoms with Crippen LogP contribution in [-0.2, 0) is 0 Å². The van der Waals surface area contributed by atoms with Crippen molar-refractivity contribution >= 4 is 0 Å². The number of rotatable bonds is 0. The van der Waals surface area contributed by atoms with Crippen molar-refractivity contribution in [2.75, 3.05) is 6.54 Å². The Hall–Kier alpha value is -0.980. The van der Waals surface area contributed by atoms with Crippen molar-refractivity contribution in [2.24, 2.45) is 0 Å².